The van der Waals surface area contributed by atoms with E-state index in [0.29, 0.717) is 10.9 Å². The van der Waals surface area contributed by atoms with Crippen LogP contribution in [0.5, 0.6) is 0 Å². The Kier molecular flexibility index (Phi) is 8.66. The second-order valence-corrected chi connectivity index (χ2v) is 4.02. The van der Waals surface area contributed by atoms with Crippen molar-refractivity contribution in [3.8, 4) is 0 Å². The van der Waals surface area contributed by atoms with E-state index < -0.39 is 6.03 Å². The number of urea groups is 1. The topological polar surface area (TPSA) is 67.5 Å². The van der Waals surface area contributed by atoms with Gasteiger partial charge in [0, 0.05) is 11.6 Å². The summed E-state index contributed by atoms with van der Waals surface area (Å²) in [4.78, 5) is 14.5. The van der Waals surface area contributed by atoms with Gasteiger partial charge in [-0.05, 0) is 30.2 Å². The molecule has 0 aromatic heterocycles. The number of hydrogen-bond donors (Lipinski definition) is 2. The first-order valence-electron chi connectivity index (χ1n) is 5.68. The number of halogens is 2. The van der Waals surface area contributed by atoms with Crippen molar-refractivity contribution in [3.63, 3.8) is 0 Å². The van der Waals surface area contributed by atoms with E-state index >= 15 is 0 Å². The Balaban J connectivity index is 0.00000324. The van der Waals surface area contributed by atoms with Crippen molar-refractivity contribution in [1.82, 2.24) is 5.32 Å². The fraction of sp³-hybridized carbons (Fsp3) is 0.231. The highest BCUT2D eigenvalue weighted by Gasteiger charge is 1.97. The highest BCUT2D eigenvalue weighted by molar-refractivity contribution is 6.32. The molecular formula is C13H17Cl2N3O. The highest BCUT2D eigenvalue weighted by Crippen LogP contribution is 2.16. The van der Waals surface area contributed by atoms with E-state index in [-0.39, 0.29) is 12.4 Å². The van der Waals surface area contributed by atoms with Crippen LogP contribution in [0.25, 0.3) is 6.08 Å². The summed E-state index contributed by atoms with van der Waals surface area (Å²) in [6.07, 6.45) is 4.39. The van der Waals surface area contributed by atoms with Gasteiger partial charge in [0.05, 0.1) is 0 Å². The number of carbonyl (C=O) groups excluding carboxylic acids is 1. The monoisotopic (exact) mass is 301 g/mol. The lowest BCUT2D eigenvalue weighted by Gasteiger charge is -2.03. The molecular weight excluding hydrogens is 285 g/mol. The molecule has 104 valence electrons. The van der Waals surface area contributed by atoms with Crippen LogP contribution in [-0.4, -0.2) is 18.4 Å². The Morgan fingerprint density at radius 3 is 2.74 bits per heavy atom. The molecule has 0 aliphatic heterocycles. The molecule has 3 N–H and O–H groups in total. The summed E-state index contributed by atoms with van der Waals surface area (Å²) in [5, 5.41) is 3.65. The molecule has 0 saturated carbocycles. The Morgan fingerprint density at radius 1 is 1.47 bits per heavy atom. The van der Waals surface area contributed by atoms with Crippen LogP contribution in [0.15, 0.2) is 35.3 Å². The Morgan fingerprint density at radius 2 is 2.16 bits per heavy atom. The predicted octanol–water partition coefficient (Wildman–Crippen LogP) is 3.25. The number of nitrogens with two attached hydrogens (primary N) is 1. The first-order chi connectivity index (χ1) is 8.63. The van der Waals surface area contributed by atoms with E-state index in [0.717, 1.165) is 18.5 Å². The summed E-state index contributed by atoms with van der Waals surface area (Å²) in [5.41, 5.74) is 5.89. The number of nitrogens with one attached hydrogen (secondary N) is 1. The average Bonchev–Trinajstić information content (AvgIpc) is 2.34. The molecule has 1 aromatic carbocycles. The minimum Gasteiger partial charge on any atom is -0.370 e. The summed E-state index contributed by atoms with van der Waals surface area (Å²) in [6, 6.07) is 6.69. The van der Waals surface area contributed by atoms with Crippen molar-refractivity contribution >= 4 is 42.0 Å². The number of aliphatic imine (C=N–C) groups is 1. The molecule has 0 fully saturated rings. The van der Waals surface area contributed by atoms with Crippen molar-refractivity contribution in [2.45, 2.75) is 13.3 Å². The molecule has 0 radical (unpaired) electrons. The van der Waals surface area contributed by atoms with Gasteiger partial charge in [-0.15, -0.1) is 12.4 Å². The van der Waals surface area contributed by atoms with E-state index in [1.165, 1.54) is 0 Å². The fourth-order valence-corrected chi connectivity index (χ4v) is 1.49. The molecule has 0 bridgehead atoms. The van der Waals surface area contributed by atoms with Gasteiger partial charge in [0.15, 0.2) is 0 Å². The van der Waals surface area contributed by atoms with Gasteiger partial charge in [-0.2, -0.15) is 4.99 Å². The van der Waals surface area contributed by atoms with Gasteiger partial charge in [-0.1, -0.05) is 36.7 Å². The second kappa shape index (κ2) is 9.42. The number of rotatable bonds is 4. The zero-order valence-corrected chi connectivity index (χ0v) is 12.2. The normalized spacial score (nSPS) is 11.2. The van der Waals surface area contributed by atoms with Gasteiger partial charge in [0.25, 0.3) is 0 Å². The third kappa shape index (κ3) is 6.84. The van der Waals surface area contributed by atoms with Crippen LogP contribution in [0.3, 0.4) is 0 Å². The van der Waals surface area contributed by atoms with Gasteiger partial charge in [-0.3, -0.25) is 0 Å². The molecule has 0 spiro atoms. The van der Waals surface area contributed by atoms with Gasteiger partial charge in [-0.25, -0.2) is 4.79 Å². The Labute approximate surface area is 124 Å². The minimum absolute atomic E-state index is 0. The van der Waals surface area contributed by atoms with E-state index in [4.69, 9.17) is 17.3 Å². The van der Waals surface area contributed by atoms with Crippen LogP contribution in [0.1, 0.15) is 18.9 Å². The summed E-state index contributed by atoms with van der Waals surface area (Å²) >= 11 is 6.01. The minimum atomic E-state index is -0.725. The number of amides is 2. The standard InChI is InChI=1S/C13H16ClN3O.ClH/c1-2-9-16-12(17-13(15)18)8-7-10-5-3-4-6-11(10)14;/h3-8H,2,9H2,1H3,(H3,15,16,17,18);1H. The van der Waals surface area contributed by atoms with Gasteiger partial charge in [0.2, 0.25) is 0 Å². The maximum atomic E-state index is 10.8. The SMILES string of the molecule is CCCNC(C=Cc1ccccc1Cl)=NC(N)=O.Cl. The molecule has 0 aliphatic carbocycles. The van der Waals surface area contributed by atoms with Crippen LogP contribution in [0, 0.1) is 0 Å². The maximum absolute atomic E-state index is 10.8. The smallest absolute Gasteiger partial charge is 0.340 e. The number of carbonyl (C=O) groups is 1. The van der Waals surface area contributed by atoms with Gasteiger partial charge in [0.1, 0.15) is 5.84 Å². The molecule has 0 unspecified atom stereocenters. The van der Waals surface area contributed by atoms with E-state index in [1.54, 1.807) is 18.2 Å². The number of benzene rings is 1. The van der Waals surface area contributed by atoms with E-state index in [2.05, 4.69) is 10.3 Å². The van der Waals surface area contributed by atoms with Crippen molar-refractivity contribution in [2.75, 3.05) is 6.54 Å². The van der Waals surface area contributed by atoms with E-state index in [1.807, 2.05) is 25.1 Å². The van der Waals surface area contributed by atoms with Crippen LogP contribution in [-0.2, 0) is 0 Å². The summed E-state index contributed by atoms with van der Waals surface area (Å²) in [6.45, 7) is 2.74. The van der Waals surface area contributed by atoms with Crippen LogP contribution in [0.4, 0.5) is 4.79 Å². The zero-order chi connectivity index (χ0) is 13.4. The summed E-state index contributed by atoms with van der Waals surface area (Å²) < 4.78 is 0. The quantitative estimate of drug-likeness (QED) is 0.662. The Bertz CT molecular complexity index is 473. The molecule has 2 amide bonds. The van der Waals surface area contributed by atoms with Gasteiger partial charge >= 0.3 is 6.03 Å². The molecule has 19 heavy (non-hydrogen) atoms. The molecule has 0 atom stereocenters. The van der Waals surface area contributed by atoms with Crippen molar-refractivity contribution in [2.24, 2.45) is 10.7 Å². The predicted molar refractivity (Wildman–Crippen MR) is 83.0 cm³/mol. The summed E-state index contributed by atoms with van der Waals surface area (Å²) in [7, 11) is 0. The van der Waals surface area contributed by atoms with Crippen molar-refractivity contribution < 1.29 is 4.79 Å². The van der Waals surface area contributed by atoms with Crippen LogP contribution >= 0.6 is 24.0 Å². The molecule has 0 heterocycles. The third-order valence-electron chi connectivity index (χ3n) is 2.11. The Hall–Kier alpha value is -1.52. The fourth-order valence-electron chi connectivity index (χ4n) is 1.29. The average molecular weight is 302 g/mol. The lowest BCUT2D eigenvalue weighted by atomic mass is 10.2. The molecule has 1 aromatic rings. The number of nitrogens with zero attached hydrogens (tertiary/aromatic N) is 1. The first kappa shape index (κ1) is 17.5. The van der Waals surface area contributed by atoms with Crippen LogP contribution < -0.4 is 11.1 Å². The number of hydrogen-bond acceptors (Lipinski definition) is 1. The zero-order valence-electron chi connectivity index (χ0n) is 10.6. The highest BCUT2D eigenvalue weighted by atomic mass is 35.5. The third-order valence-corrected chi connectivity index (χ3v) is 2.46. The lowest BCUT2D eigenvalue weighted by Crippen LogP contribution is -2.24. The van der Waals surface area contributed by atoms with Crippen molar-refractivity contribution in [3.05, 3.63) is 40.9 Å². The van der Waals surface area contributed by atoms with Crippen LogP contribution in [0.2, 0.25) is 5.02 Å². The summed E-state index contributed by atoms with van der Waals surface area (Å²) in [5.74, 6) is 0.435. The maximum Gasteiger partial charge on any atom is 0.340 e. The second-order valence-electron chi connectivity index (χ2n) is 3.62. The molecule has 0 saturated heterocycles. The molecule has 0 aliphatic rings. The molecule has 6 heteroatoms. The largest absolute Gasteiger partial charge is 0.370 e. The number of amidine groups is 1. The van der Waals surface area contributed by atoms with Gasteiger partial charge < -0.3 is 11.1 Å². The molecule has 1 rings (SSSR count). The van der Waals surface area contributed by atoms with E-state index in [9.17, 15) is 4.79 Å². The first-order valence-corrected chi connectivity index (χ1v) is 6.06. The molecule has 4 nitrogen and oxygen atoms in total. The van der Waals surface area contributed by atoms with Crippen molar-refractivity contribution in [1.29, 1.82) is 0 Å². The number of primary amides is 1. The lowest BCUT2D eigenvalue weighted by molar-refractivity contribution is 0.256.